The number of carboxylic acids is 2. The van der Waals surface area contributed by atoms with E-state index in [0.717, 1.165) is 69.2 Å². The molecule has 1 heterocycles. The maximum absolute atomic E-state index is 13.0. The van der Waals surface area contributed by atoms with E-state index in [0.29, 0.717) is 30.2 Å². The highest BCUT2D eigenvalue weighted by Crippen LogP contribution is 2.39. The number of hydrogen-bond acceptors (Lipinski definition) is 7. The first-order valence-electron chi connectivity index (χ1n) is 12.3. The number of hydrogen-bond donors (Lipinski definition) is 3. The van der Waals surface area contributed by atoms with Crippen LogP contribution in [0.5, 0.6) is 11.5 Å². The van der Waals surface area contributed by atoms with Crippen LogP contribution in [0.4, 0.5) is 0 Å². The zero-order valence-corrected chi connectivity index (χ0v) is 21.0. The van der Waals surface area contributed by atoms with E-state index in [2.05, 4.69) is 0 Å². The van der Waals surface area contributed by atoms with Crippen molar-refractivity contribution in [3.05, 3.63) is 35.9 Å². The number of ether oxygens (including phenoxy) is 2. The van der Waals surface area contributed by atoms with Crippen LogP contribution in [0.25, 0.3) is 0 Å². The Morgan fingerprint density at radius 1 is 1.00 bits per heavy atom. The van der Waals surface area contributed by atoms with E-state index >= 15 is 0 Å². The van der Waals surface area contributed by atoms with Crippen molar-refractivity contribution in [3.8, 4) is 11.5 Å². The molecule has 10 nitrogen and oxygen atoms in total. The third-order valence-electron chi connectivity index (χ3n) is 6.29. The van der Waals surface area contributed by atoms with Gasteiger partial charge in [-0.2, -0.15) is 5.10 Å². The molecule has 1 aliphatic heterocycles. The minimum atomic E-state index is -1.26. The molecular formula is C26H37N3O7. The Bertz CT molecular complexity index is 945. The lowest BCUT2D eigenvalue weighted by Crippen LogP contribution is -2.46. The van der Waals surface area contributed by atoms with E-state index in [1.54, 1.807) is 19.2 Å². The van der Waals surface area contributed by atoms with Gasteiger partial charge in [0.15, 0.2) is 11.5 Å². The standard InChI is InChI=1S/C22H33N3O3.C4H4O4/c1-27-19-12-11-16(15-20(19)28-2)21-17-9-5-6-10-18(17)22(26)25(24-21)14-8-4-3-7-13-23;5-3(6)1-2-4(7)8/h11-12,15,17-18H,3-10,13-14,23H2,1-2H3;1-2H,(H,5,6)(H,7,8)/t17-,18+;/m0./s1. The highest BCUT2D eigenvalue weighted by atomic mass is 16.5. The van der Waals surface area contributed by atoms with E-state index in [4.69, 9.17) is 30.5 Å². The van der Waals surface area contributed by atoms with Crippen LogP contribution in [-0.2, 0) is 14.4 Å². The van der Waals surface area contributed by atoms with Gasteiger partial charge in [-0.05, 0) is 50.4 Å². The lowest BCUT2D eigenvalue weighted by atomic mass is 9.73. The number of nitrogens with two attached hydrogens (primary N) is 1. The minimum Gasteiger partial charge on any atom is -0.493 e. The molecule has 0 saturated heterocycles. The van der Waals surface area contributed by atoms with E-state index in [-0.39, 0.29) is 17.7 Å². The molecule has 0 radical (unpaired) electrons. The van der Waals surface area contributed by atoms with Crippen molar-refractivity contribution >= 4 is 23.6 Å². The van der Waals surface area contributed by atoms with Gasteiger partial charge in [0.05, 0.1) is 19.9 Å². The lowest BCUT2D eigenvalue weighted by molar-refractivity contribution is -0.139. The highest BCUT2D eigenvalue weighted by molar-refractivity contribution is 6.07. The van der Waals surface area contributed by atoms with Gasteiger partial charge in [-0.1, -0.05) is 25.7 Å². The molecule has 0 aromatic heterocycles. The molecule has 1 amide bonds. The number of unbranched alkanes of at least 4 members (excludes halogenated alkanes) is 3. The third kappa shape index (κ3) is 8.37. The van der Waals surface area contributed by atoms with Crippen molar-refractivity contribution < 1.29 is 34.1 Å². The molecule has 198 valence electrons. The molecule has 10 heteroatoms. The summed E-state index contributed by atoms with van der Waals surface area (Å²) in [5.41, 5.74) is 7.61. The summed E-state index contributed by atoms with van der Waals surface area (Å²) in [7, 11) is 3.28. The van der Waals surface area contributed by atoms with Gasteiger partial charge in [-0.25, -0.2) is 14.6 Å². The predicted octanol–water partition coefficient (Wildman–Crippen LogP) is 3.29. The summed E-state index contributed by atoms with van der Waals surface area (Å²) in [6.45, 7) is 1.41. The number of amides is 1. The smallest absolute Gasteiger partial charge is 0.328 e. The second kappa shape index (κ2) is 14.9. The Kier molecular flexibility index (Phi) is 11.9. The fraction of sp³-hybridized carbons (Fsp3) is 0.538. The van der Waals surface area contributed by atoms with Crippen LogP contribution in [-0.4, -0.2) is 66.1 Å². The van der Waals surface area contributed by atoms with Gasteiger partial charge in [0.1, 0.15) is 0 Å². The van der Waals surface area contributed by atoms with Gasteiger partial charge < -0.3 is 25.4 Å². The molecule has 3 rings (SSSR count). The fourth-order valence-electron chi connectivity index (χ4n) is 4.53. The summed E-state index contributed by atoms with van der Waals surface area (Å²) in [6.07, 6.45) is 9.56. The Balaban J connectivity index is 0.000000493. The Morgan fingerprint density at radius 2 is 1.61 bits per heavy atom. The van der Waals surface area contributed by atoms with Gasteiger partial charge in [-0.15, -0.1) is 0 Å². The third-order valence-corrected chi connectivity index (χ3v) is 6.29. The Morgan fingerprint density at radius 3 is 2.19 bits per heavy atom. The average Bonchev–Trinajstić information content (AvgIpc) is 2.88. The van der Waals surface area contributed by atoms with Crippen molar-refractivity contribution in [1.29, 1.82) is 0 Å². The Hall–Kier alpha value is -3.40. The molecule has 36 heavy (non-hydrogen) atoms. The fourth-order valence-corrected chi connectivity index (χ4v) is 4.53. The van der Waals surface area contributed by atoms with E-state index in [9.17, 15) is 14.4 Å². The monoisotopic (exact) mass is 503 g/mol. The molecule has 0 spiro atoms. The van der Waals surface area contributed by atoms with Crippen molar-refractivity contribution in [3.63, 3.8) is 0 Å². The van der Waals surface area contributed by atoms with E-state index < -0.39 is 11.9 Å². The molecule has 1 saturated carbocycles. The van der Waals surface area contributed by atoms with Gasteiger partial charge >= 0.3 is 11.9 Å². The van der Waals surface area contributed by atoms with Crippen molar-refractivity contribution in [1.82, 2.24) is 5.01 Å². The van der Waals surface area contributed by atoms with Crippen molar-refractivity contribution in [2.45, 2.75) is 51.4 Å². The van der Waals surface area contributed by atoms with Crippen molar-refractivity contribution in [2.75, 3.05) is 27.3 Å². The second-order valence-corrected chi connectivity index (χ2v) is 8.73. The number of benzene rings is 1. The van der Waals surface area contributed by atoms with E-state index in [1.165, 1.54) is 0 Å². The molecule has 0 bridgehead atoms. The zero-order chi connectivity index (χ0) is 26.5. The topological polar surface area (TPSA) is 152 Å². The molecular weight excluding hydrogens is 466 g/mol. The normalized spacial score (nSPS) is 19.1. The number of carboxylic acid groups (broad SMARTS) is 2. The van der Waals surface area contributed by atoms with Crippen LogP contribution in [0.15, 0.2) is 35.5 Å². The molecule has 0 unspecified atom stereocenters. The van der Waals surface area contributed by atoms with Crippen LogP contribution in [0.2, 0.25) is 0 Å². The second-order valence-electron chi connectivity index (χ2n) is 8.73. The number of fused-ring (bicyclic) bond motifs is 1. The Labute approximate surface area is 211 Å². The van der Waals surface area contributed by atoms with Crippen LogP contribution >= 0.6 is 0 Å². The number of nitrogens with zero attached hydrogens (tertiary/aromatic N) is 2. The predicted molar refractivity (Wildman–Crippen MR) is 135 cm³/mol. The molecule has 1 aliphatic carbocycles. The SMILES string of the molecule is COc1ccc(C2=NN(CCCCCCN)C(=O)[C@@H]3CCCC[C@H]23)cc1OC.O=C(O)C=CC(=O)O. The molecule has 4 N–H and O–H groups in total. The quantitative estimate of drug-likeness (QED) is 0.307. The van der Waals surface area contributed by atoms with Gasteiger partial charge in [0, 0.05) is 36.1 Å². The number of methoxy groups -OCH3 is 2. The number of carbonyl (C=O) groups is 3. The molecule has 1 fully saturated rings. The number of rotatable bonds is 11. The summed E-state index contributed by atoms with van der Waals surface area (Å²) < 4.78 is 10.9. The van der Waals surface area contributed by atoms with Crippen LogP contribution in [0.3, 0.4) is 0 Å². The molecule has 2 aliphatic rings. The minimum absolute atomic E-state index is 0.0541. The van der Waals surface area contributed by atoms with Crippen LogP contribution in [0, 0.1) is 11.8 Å². The average molecular weight is 504 g/mol. The molecule has 1 aromatic rings. The van der Waals surface area contributed by atoms with Crippen molar-refractivity contribution in [2.24, 2.45) is 22.7 Å². The molecule has 1 aromatic carbocycles. The summed E-state index contributed by atoms with van der Waals surface area (Å²) in [5.74, 6) is -0.658. The lowest BCUT2D eigenvalue weighted by Gasteiger charge is -2.38. The number of hydrazone groups is 1. The maximum Gasteiger partial charge on any atom is 0.328 e. The van der Waals surface area contributed by atoms with Gasteiger partial charge in [0.2, 0.25) is 5.91 Å². The van der Waals surface area contributed by atoms with Crippen LogP contribution in [0.1, 0.15) is 56.9 Å². The summed E-state index contributed by atoms with van der Waals surface area (Å²) in [6, 6.07) is 5.93. The van der Waals surface area contributed by atoms with Gasteiger partial charge in [-0.3, -0.25) is 4.79 Å². The molecule has 2 atom stereocenters. The van der Waals surface area contributed by atoms with Crippen LogP contribution < -0.4 is 15.2 Å². The maximum atomic E-state index is 13.0. The first-order valence-corrected chi connectivity index (χ1v) is 12.3. The first-order chi connectivity index (χ1) is 17.3. The number of aliphatic carboxylic acids is 2. The van der Waals surface area contributed by atoms with Gasteiger partial charge in [0.25, 0.3) is 0 Å². The zero-order valence-electron chi connectivity index (χ0n) is 21.0. The first kappa shape index (κ1) is 28.8. The largest absolute Gasteiger partial charge is 0.493 e. The summed E-state index contributed by atoms with van der Waals surface area (Å²) >= 11 is 0. The summed E-state index contributed by atoms with van der Waals surface area (Å²) in [4.78, 5) is 32.1. The van der Waals surface area contributed by atoms with E-state index in [1.807, 2.05) is 18.2 Å². The highest BCUT2D eigenvalue weighted by Gasteiger charge is 2.41. The summed E-state index contributed by atoms with van der Waals surface area (Å²) in [5, 5.41) is 22.2. The number of carbonyl (C=O) groups excluding carboxylic acids is 1.